The van der Waals surface area contributed by atoms with Crippen LogP contribution in [-0.2, 0) is 13.1 Å². The smallest absolute Gasteiger partial charge is 0.227 e. The van der Waals surface area contributed by atoms with E-state index >= 15 is 0 Å². The molecule has 2 nitrogen and oxygen atoms in total. The van der Waals surface area contributed by atoms with Crippen molar-refractivity contribution in [2.45, 2.75) is 66.5 Å². The van der Waals surface area contributed by atoms with Gasteiger partial charge in [-0.25, -0.2) is 9.13 Å². The van der Waals surface area contributed by atoms with Crippen molar-refractivity contribution in [3.63, 3.8) is 0 Å². The standard InChI is InChI=1S/C19H29N2/c1-5-7-14-20-16(3)17(4)21(15-8-6-2)19(20)18-12-10-9-11-13-18/h9-13H,5-8,14-15H2,1-4H3/q+1. The van der Waals surface area contributed by atoms with E-state index in [1.54, 1.807) is 0 Å². The van der Waals surface area contributed by atoms with E-state index in [4.69, 9.17) is 0 Å². The van der Waals surface area contributed by atoms with Gasteiger partial charge in [0.15, 0.2) is 0 Å². The average Bonchev–Trinajstić information content (AvgIpc) is 2.76. The first-order valence-electron chi connectivity index (χ1n) is 8.35. The number of rotatable bonds is 7. The minimum Gasteiger partial charge on any atom is -0.227 e. The van der Waals surface area contributed by atoms with Crippen LogP contribution in [-0.4, -0.2) is 4.57 Å². The summed E-state index contributed by atoms with van der Waals surface area (Å²) >= 11 is 0. The summed E-state index contributed by atoms with van der Waals surface area (Å²) in [5.74, 6) is 1.38. The lowest BCUT2D eigenvalue weighted by Crippen LogP contribution is -2.38. The molecule has 0 saturated heterocycles. The van der Waals surface area contributed by atoms with Gasteiger partial charge < -0.3 is 0 Å². The molecule has 0 radical (unpaired) electrons. The van der Waals surface area contributed by atoms with E-state index in [2.05, 4.69) is 67.2 Å². The van der Waals surface area contributed by atoms with Gasteiger partial charge in [-0.1, -0.05) is 44.9 Å². The summed E-state index contributed by atoms with van der Waals surface area (Å²) in [5.41, 5.74) is 4.16. The first-order valence-corrected chi connectivity index (χ1v) is 8.35. The van der Waals surface area contributed by atoms with Gasteiger partial charge in [-0.05, 0) is 25.0 Å². The maximum atomic E-state index is 2.52. The Hall–Kier alpha value is -1.57. The molecule has 0 N–H and O–H groups in total. The Morgan fingerprint density at radius 3 is 2.24 bits per heavy atom. The van der Waals surface area contributed by atoms with Crippen LogP contribution in [0, 0.1) is 13.8 Å². The number of hydrogen-bond donors (Lipinski definition) is 0. The number of benzene rings is 1. The van der Waals surface area contributed by atoms with Crippen molar-refractivity contribution in [3.8, 4) is 11.4 Å². The van der Waals surface area contributed by atoms with Crippen LogP contribution in [0.1, 0.15) is 50.9 Å². The molecule has 0 amide bonds. The molecule has 0 fully saturated rings. The molecule has 2 aromatic rings. The number of unbranched alkanes of at least 4 members (excludes halogenated alkanes) is 2. The lowest BCUT2D eigenvalue weighted by atomic mass is 10.2. The Morgan fingerprint density at radius 2 is 1.62 bits per heavy atom. The Bertz CT molecular complexity index is 535. The first-order chi connectivity index (χ1) is 10.2. The van der Waals surface area contributed by atoms with E-state index in [0.29, 0.717) is 0 Å². The molecule has 21 heavy (non-hydrogen) atoms. The molecule has 2 rings (SSSR count). The molecule has 0 aliphatic heterocycles. The summed E-state index contributed by atoms with van der Waals surface area (Å²) in [4.78, 5) is 0. The zero-order valence-corrected chi connectivity index (χ0v) is 14.0. The van der Waals surface area contributed by atoms with Crippen molar-refractivity contribution in [1.29, 1.82) is 0 Å². The Balaban J connectivity index is 2.53. The zero-order valence-electron chi connectivity index (χ0n) is 14.0. The highest BCUT2D eigenvalue weighted by molar-refractivity contribution is 5.53. The van der Waals surface area contributed by atoms with Crippen LogP contribution >= 0.6 is 0 Å². The number of hydrogen-bond acceptors (Lipinski definition) is 0. The van der Waals surface area contributed by atoms with Crippen molar-refractivity contribution in [3.05, 3.63) is 41.7 Å². The zero-order chi connectivity index (χ0) is 15.2. The number of aromatic nitrogens is 2. The third-order valence-corrected chi connectivity index (χ3v) is 4.35. The third-order valence-electron chi connectivity index (χ3n) is 4.35. The van der Waals surface area contributed by atoms with Crippen molar-refractivity contribution in [2.24, 2.45) is 0 Å². The predicted octanol–water partition coefficient (Wildman–Crippen LogP) is 4.66. The molecule has 0 spiro atoms. The summed E-state index contributed by atoms with van der Waals surface area (Å²) < 4.78 is 5.04. The van der Waals surface area contributed by atoms with Gasteiger partial charge in [-0.3, -0.25) is 0 Å². The highest BCUT2D eigenvalue weighted by Crippen LogP contribution is 2.21. The van der Waals surface area contributed by atoms with Gasteiger partial charge in [0.1, 0.15) is 11.4 Å². The van der Waals surface area contributed by atoms with E-state index in [0.717, 1.165) is 13.1 Å². The molecule has 0 unspecified atom stereocenters. The summed E-state index contributed by atoms with van der Waals surface area (Å²) in [6.07, 6.45) is 4.95. The van der Waals surface area contributed by atoms with Gasteiger partial charge in [-0.15, -0.1) is 0 Å². The molecule has 1 aromatic heterocycles. The topological polar surface area (TPSA) is 8.81 Å². The van der Waals surface area contributed by atoms with Crippen LogP contribution in [0.4, 0.5) is 0 Å². The summed E-state index contributed by atoms with van der Waals surface area (Å²) in [6, 6.07) is 10.8. The molecular weight excluding hydrogens is 256 g/mol. The van der Waals surface area contributed by atoms with Crippen molar-refractivity contribution < 1.29 is 4.57 Å². The molecule has 1 aromatic carbocycles. The molecule has 0 bridgehead atoms. The summed E-state index contributed by atoms with van der Waals surface area (Å²) in [7, 11) is 0. The minimum atomic E-state index is 1.12. The van der Waals surface area contributed by atoms with Crippen molar-refractivity contribution >= 4 is 0 Å². The maximum absolute atomic E-state index is 2.52. The molecule has 0 aliphatic rings. The van der Waals surface area contributed by atoms with E-state index in [9.17, 15) is 0 Å². The highest BCUT2D eigenvalue weighted by Gasteiger charge is 2.26. The molecule has 1 heterocycles. The first kappa shape index (κ1) is 15.8. The predicted molar refractivity (Wildman–Crippen MR) is 89.4 cm³/mol. The fraction of sp³-hybridized carbons (Fsp3) is 0.526. The van der Waals surface area contributed by atoms with E-state index in [1.807, 2.05) is 0 Å². The summed E-state index contributed by atoms with van der Waals surface area (Å²) in [5, 5.41) is 0. The van der Waals surface area contributed by atoms with Crippen LogP contribution in [0.5, 0.6) is 0 Å². The lowest BCUT2D eigenvalue weighted by molar-refractivity contribution is -0.691. The largest absolute Gasteiger partial charge is 0.289 e. The van der Waals surface area contributed by atoms with Crippen molar-refractivity contribution in [2.75, 3.05) is 0 Å². The highest BCUT2D eigenvalue weighted by atomic mass is 15.2. The molecule has 0 saturated carbocycles. The Morgan fingerprint density at radius 1 is 0.952 bits per heavy atom. The Kier molecular flexibility index (Phi) is 5.60. The van der Waals surface area contributed by atoms with Gasteiger partial charge in [-0.2, -0.15) is 0 Å². The second-order valence-corrected chi connectivity index (χ2v) is 5.87. The minimum absolute atomic E-state index is 1.12. The van der Waals surface area contributed by atoms with Crippen LogP contribution in [0.25, 0.3) is 11.4 Å². The second-order valence-electron chi connectivity index (χ2n) is 5.87. The van der Waals surface area contributed by atoms with E-state index in [-0.39, 0.29) is 0 Å². The average molecular weight is 285 g/mol. The normalized spacial score (nSPS) is 11.0. The van der Waals surface area contributed by atoms with E-state index < -0.39 is 0 Å². The SMILES string of the molecule is CCCCn1c(C)c(C)[n+](CCCC)c1-c1ccccc1. The lowest BCUT2D eigenvalue weighted by Gasteiger charge is -2.06. The monoisotopic (exact) mass is 285 g/mol. The maximum Gasteiger partial charge on any atom is 0.289 e. The molecule has 2 heteroatoms. The third kappa shape index (κ3) is 3.37. The van der Waals surface area contributed by atoms with Gasteiger partial charge in [0.2, 0.25) is 0 Å². The van der Waals surface area contributed by atoms with Gasteiger partial charge in [0, 0.05) is 13.8 Å². The van der Waals surface area contributed by atoms with Crippen LogP contribution in [0.2, 0.25) is 0 Å². The molecular formula is C19H29N2+. The van der Waals surface area contributed by atoms with Gasteiger partial charge >= 0.3 is 0 Å². The Labute approximate surface area is 129 Å². The van der Waals surface area contributed by atoms with Crippen LogP contribution in [0.3, 0.4) is 0 Å². The fourth-order valence-corrected chi connectivity index (χ4v) is 2.93. The van der Waals surface area contributed by atoms with E-state index in [1.165, 1.54) is 48.5 Å². The van der Waals surface area contributed by atoms with Crippen molar-refractivity contribution in [1.82, 2.24) is 4.57 Å². The molecule has 0 aliphatic carbocycles. The molecule has 114 valence electrons. The molecule has 0 atom stereocenters. The summed E-state index contributed by atoms with van der Waals surface area (Å²) in [6.45, 7) is 11.3. The quantitative estimate of drug-likeness (QED) is 0.654. The number of imidazole rings is 1. The van der Waals surface area contributed by atoms with Gasteiger partial charge in [0.05, 0.1) is 18.7 Å². The van der Waals surface area contributed by atoms with Crippen LogP contribution < -0.4 is 4.57 Å². The fourth-order valence-electron chi connectivity index (χ4n) is 2.93. The van der Waals surface area contributed by atoms with Gasteiger partial charge in [0.25, 0.3) is 5.82 Å². The van der Waals surface area contributed by atoms with Crippen LogP contribution in [0.15, 0.2) is 30.3 Å². The number of nitrogens with zero attached hydrogens (tertiary/aromatic N) is 2. The second kappa shape index (κ2) is 7.44.